The van der Waals surface area contributed by atoms with Crippen LogP contribution in [0.3, 0.4) is 0 Å². The van der Waals surface area contributed by atoms with Crippen molar-refractivity contribution in [1.29, 1.82) is 0 Å². The predicted molar refractivity (Wildman–Crippen MR) is 62.5 cm³/mol. The highest BCUT2D eigenvalue weighted by molar-refractivity contribution is 6.02. The molecule has 18 heavy (non-hydrogen) atoms. The summed E-state index contributed by atoms with van der Waals surface area (Å²) in [5.41, 5.74) is 0.0366. The SMILES string of the molecule is CC1(CNC(=O)CCN2C(=O)CCC2=O)COC1. The molecule has 2 fully saturated rings. The Labute approximate surface area is 106 Å². The third-order valence-corrected chi connectivity index (χ3v) is 3.33. The Hall–Kier alpha value is -1.43. The number of amides is 3. The van der Waals surface area contributed by atoms with Gasteiger partial charge in [0.2, 0.25) is 17.7 Å². The van der Waals surface area contributed by atoms with E-state index in [-0.39, 0.29) is 48.9 Å². The van der Waals surface area contributed by atoms with Crippen molar-refractivity contribution < 1.29 is 19.1 Å². The lowest BCUT2D eigenvalue weighted by atomic mass is 9.89. The molecule has 6 heteroatoms. The second kappa shape index (κ2) is 5.06. The lowest BCUT2D eigenvalue weighted by Gasteiger charge is -2.38. The maximum atomic E-state index is 11.6. The van der Waals surface area contributed by atoms with Gasteiger partial charge in [-0.3, -0.25) is 19.3 Å². The largest absolute Gasteiger partial charge is 0.380 e. The average molecular weight is 254 g/mol. The third kappa shape index (κ3) is 2.87. The van der Waals surface area contributed by atoms with Crippen LogP contribution in [-0.4, -0.2) is 48.9 Å². The molecule has 0 unspecified atom stereocenters. The molecule has 0 aromatic rings. The molecule has 2 heterocycles. The summed E-state index contributed by atoms with van der Waals surface area (Å²) < 4.78 is 5.09. The van der Waals surface area contributed by atoms with E-state index in [2.05, 4.69) is 5.32 Å². The molecule has 2 aliphatic rings. The van der Waals surface area contributed by atoms with E-state index in [1.54, 1.807) is 0 Å². The van der Waals surface area contributed by atoms with Crippen molar-refractivity contribution >= 4 is 17.7 Å². The maximum Gasteiger partial charge on any atom is 0.229 e. The van der Waals surface area contributed by atoms with Crippen LogP contribution in [0.25, 0.3) is 0 Å². The molecule has 1 N–H and O–H groups in total. The van der Waals surface area contributed by atoms with Gasteiger partial charge < -0.3 is 10.1 Å². The van der Waals surface area contributed by atoms with Gasteiger partial charge in [-0.05, 0) is 0 Å². The number of hydrogen-bond acceptors (Lipinski definition) is 4. The summed E-state index contributed by atoms with van der Waals surface area (Å²) in [6.07, 6.45) is 0.722. The van der Waals surface area contributed by atoms with Gasteiger partial charge in [-0.1, -0.05) is 6.92 Å². The van der Waals surface area contributed by atoms with Gasteiger partial charge in [0.25, 0.3) is 0 Å². The molecule has 0 bridgehead atoms. The maximum absolute atomic E-state index is 11.6. The molecule has 2 saturated heterocycles. The van der Waals surface area contributed by atoms with E-state index >= 15 is 0 Å². The zero-order chi connectivity index (χ0) is 13.2. The Morgan fingerprint density at radius 2 is 1.94 bits per heavy atom. The molecule has 2 aliphatic heterocycles. The monoisotopic (exact) mass is 254 g/mol. The van der Waals surface area contributed by atoms with Gasteiger partial charge in [0.05, 0.1) is 13.2 Å². The first-order valence-corrected chi connectivity index (χ1v) is 6.18. The lowest BCUT2D eigenvalue weighted by Crippen LogP contribution is -2.49. The van der Waals surface area contributed by atoms with Crippen LogP contribution in [0, 0.1) is 5.41 Å². The number of likely N-dealkylation sites (tertiary alicyclic amines) is 1. The van der Waals surface area contributed by atoms with Gasteiger partial charge in [0.15, 0.2) is 0 Å². The molecule has 0 aromatic carbocycles. The van der Waals surface area contributed by atoms with Crippen LogP contribution in [-0.2, 0) is 19.1 Å². The first kappa shape index (κ1) is 13.0. The smallest absolute Gasteiger partial charge is 0.229 e. The number of rotatable bonds is 5. The average Bonchev–Trinajstić information content (AvgIpc) is 2.61. The first-order chi connectivity index (χ1) is 8.50. The van der Waals surface area contributed by atoms with Gasteiger partial charge in [0.1, 0.15) is 0 Å². The number of imide groups is 1. The van der Waals surface area contributed by atoms with E-state index in [1.165, 1.54) is 4.90 Å². The van der Waals surface area contributed by atoms with Crippen LogP contribution in [0.2, 0.25) is 0 Å². The summed E-state index contributed by atoms with van der Waals surface area (Å²) in [4.78, 5) is 35.4. The Kier molecular flexibility index (Phi) is 3.65. The summed E-state index contributed by atoms with van der Waals surface area (Å²) in [5, 5.41) is 2.81. The molecule has 0 aliphatic carbocycles. The van der Waals surface area contributed by atoms with Gasteiger partial charge in [-0.25, -0.2) is 0 Å². The van der Waals surface area contributed by atoms with E-state index in [0.29, 0.717) is 19.8 Å². The molecular weight excluding hydrogens is 236 g/mol. The Morgan fingerprint density at radius 3 is 2.44 bits per heavy atom. The highest BCUT2D eigenvalue weighted by Crippen LogP contribution is 2.25. The predicted octanol–water partition coefficient (Wildman–Crippen LogP) is -0.322. The van der Waals surface area contributed by atoms with Gasteiger partial charge >= 0.3 is 0 Å². The number of hydrogen-bond donors (Lipinski definition) is 1. The van der Waals surface area contributed by atoms with Crippen molar-refractivity contribution in [1.82, 2.24) is 10.2 Å². The molecule has 100 valence electrons. The standard InChI is InChI=1S/C12H18N2O4/c1-12(7-18-8-12)6-13-9(15)4-5-14-10(16)2-3-11(14)17/h2-8H2,1H3,(H,13,15). The molecule has 0 radical (unpaired) electrons. The highest BCUT2D eigenvalue weighted by atomic mass is 16.5. The van der Waals surface area contributed by atoms with Crippen LogP contribution in [0.4, 0.5) is 0 Å². The number of ether oxygens (including phenoxy) is 1. The summed E-state index contributed by atoms with van der Waals surface area (Å²) in [6, 6.07) is 0. The summed E-state index contributed by atoms with van der Waals surface area (Å²) in [7, 11) is 0. The van der Waals surface area contributed by atoms with Crippen LogP contribution < -0.4 is 5.32 Å². The van der Waals surface area contributed by atoms with E-state index in [4.69, 9.17) is 4.74 Å². The summed E-state index contributed by atoms with van der Waals surface area (Å²) >= 11 is 0. The number of carbonyl (C=O) groups is 3. The van der Waals surface area contributed by atoms with Gasteiger partial charge in [-0.15, -0.1) is 0 Å². The highest BCUT2D eigenvalue weighted by Gasteiger charge is 2.34. The second-order valence-electron chi connectivity index (χ2n) is 5.27. The normalized spacial score (nSPS) is 21.9. The zero-order valence-electron chi connectivity index (χ0n) is 10.5. The molecule has 0 spiro atoms. The van der Waals surface area contributed by atoms with Crippen molar-refractivity contribution in [3.05, 3.63) is 0 Å². The van der Waals surface area contributed by atoms with Gasteiger partial charge in [0, 0.05) is 37.8 Å². The van der Waals surface area contributed by atoms with Crippen molar-refractivity contribution in [3.8, 4) is 0 Å². The minimum absolute atomic E-state index is 0.0366. The van der Waals surface area contributed by atoms with Crippen molar-refractivity contribution in [3.63, 3.8) is 0 Å². The van der Waals surface area contributed by atoms with Crippen LogP contribution in [0.5, 0.6) is 0 Å². The second-order valence-corrected chi connectivity index (χ2v) is 5.27. The van der Waals surface area contributed by atoms with Crippen molar-refractivity contribution in [2.24, 2.45) is 5.41 Å². The van der Waals surface area contributed by atoms with E-state index < -0.39 is 0 Å². The molecule has 6 nitrogen and oxygen atoms in total. The summed E-state index contributed by atoms with van der Waals surface area (Å²) in [5.74, 6) is -0.477. The Balaban J connectivity index is 1.68. The fourth-order valence-electron chi connectivity index (χ4n) is 2.04. The van der Waals surface area contributed by atoms with E-state index in [0.717, 1.165) is 0 Å². The number of nitrogens with zero attached hydrogens (tertiary/aromatic N) is 1. The van der Waals surface area contributed by atoms with Crippen LogP contribution in [0.15, 0.2) is 0 Å². The topological polar surface area (TPSA) is 75.7 Å². The molecule has 2 rings (SSSR count). The lowest BCUT2D eigenvalue weighted by molar-refractivity contribution is -0.138. The quantitative estimate of drug-likeness (QED) is 0.682. The summed E-state index contributed by atoms with van der Waals surface area (Å²) in [6.45, 7) is 4.14. The fourth-order valence-corrected chi connectivity index (χ4v) is 2.04. The first-order valence-electron chi connectivity index (χ1n) is 6.18. The molecule has 0 atom stereocenters. The fraction of sp³-hybridized carbons (Fsp3) is 0.750. The van der Waals surface area contributed by atoms with Crippen LogP contribution in [0.1, 0.15) is 26.2 Å². The molecule has 0 saturated carbocycles. The molecule has 0 aromatic heterocycles. The van der Waals surface area contributed by atoms with Crippen molar-refractivity contribution in [2.45, 2.75) is 26.2 Å². The van der Waals surface area contributed by atoms with Gasteiger partial charge in [-0.2, -0.15) is 0 Å². The van der Waals surface area contributed by atoms with Crippen molar-refractivity contribution in [2.75, 3.05) is 26.3 Å². The number of nitrogens with one attached hydrogen (secondary N) is 1. The minimum atomic E-state index is -0.174. The number of carbonyl (C=O) groups excluding carboxylic acids is 3. The minimum Gasteiger partial charge on any atom is -0.380 e. The Bertz CT molecular complexity index is 360. The van der Waals surface area contributed by atoms with Crippen LogP contribution >= 0.6 is 0 Å². The van der Waals surface area contributed by atoms with E-state index in [1.807, 2.05) is 6.92 Å². The molecule has 3 amide bonds. The Morgan fingerprint density at radius 1 is 1.33 bits per heavy atom. The van der Waals surface area contributed by atoms with E-state index in [9.17, 15) is 14.4 Å². The molecular formula is C12H18N2O4. The zero-order valence-corrected chi connectivity index (χ0v) is 10.5. The third-order valence-electron chi connectivity index (χ3n) is 3.33.